The van der Waals surface area contributed by atoms with E-state index in [0.717, 1.165) is 0 Å². The molecule has 1 aromatic carbocycles. The molecule has 15 heavy (non-hydrogen) atoms. The molecular formula is C11H13FN2O. The number of carbonyl (C=O) groups excluding carboxylic acids is 1. The largest absolute Gasteiger partial charge is 0.320 e. The quantitative estimate of drug-likeness (QED) is 0.753. The van der Waals surface area contributed by atoms with Crippen molar-refractivity contribution in [3.8, 4) is 0 Å². The van der Waals surface area contributed by atoms with Crippen LogP contribution in [0.4, 0.5) is 10.1 Å². The number of hydrogen-bond acceptors (Lipinski definition) is 2. The van der Waals surface area contributed by atoms with E-state index in [9.17, 15) is 9.18 Å². The summed E-state index contributed by atoms with van der Waals surface area (Å²) in [6.07, 6.45) is 0.634. The Kier molecular flexibility index (Phi) is 2.44. The Hall–Kier alpha value is -1.42. The van der Waals surface area contributed by atoms with Crippen LogP contribution in [0.1, 0.15) is 12.0 Å². The maximum absolute atomic E-state index is 13.3. The van der Waals surface area contributed by atoms with Gasteiger partial charge in [-0.1, -0.05) is 6.07 Å². The summed E-state index contributed by atoms with van der Waals surface area (Å²) in [6.45, 7) is 2.24. The van der Waals surface area contributed by atoms with Crippen molar-refractivity contribution in [2.75, 3.05) is 11.4 Å². The van der Waals surface area contributed by atoms with Gasteiger partial charge in [-0.3, -0.25) is 4.79 Å². The zero-order chi connectivity index (χ0) is 11.0. The standard InChI is InChI=1S/C11H13FN2O/c1-7-8(12)3-2-4-10(7)14-6-5-9(13)11(14)15/h2-4,9H,5-6,13H2,1H3. The third kappa shape index (κ3) is 1.61. The third-order valence-corrected chi connectivity index (χ3v) is 2.78. The molecule has 1 saturated heterocycles. The molecule has 0 radical (unpaired) electrons. The van der Waals surface area contributed by atoms with Gasteiger partial charge < -0.3 is 10.6 Å². The molecule has 0 aromatic heterocycles. The van der Waals surface area contributed by atoms with Crippen molar-refractivity contribution in [1.82, 2.24) is 0 Å². The van der Waals surface area contributed by atoms with Crippen molar-refractivity contribution in [3.05, 3.63) is 29.6 Å². The second-order valence-corrected chi connectivity index (χ2v) is 3.77. The molecule has 4 heteroatoms. The fourth-order valence-corrected chi connectivity index (χ4v) is 1.83. The highest BCUT2D eigenvalue weighted by Gasteiger charge is 2.30. The van der Waals surface area contributed by atoms with Gasteiger partial charge in [-0.15, -0.1) is 0 Å². The SMILES string of the molecule is Cc1c(F)cccc1N1CCC(N)C1=O. The molecule has 3 nitrogen and oxygen atoms in total. The minimum absolute atomic E-state index is 0.122. The maximum Gasteiger partial charge on any atom is 0.243 e. The monoisotopic (exact) mass is 208 g/mol. The minimum Gasteiger partial charge on any atom is -0.320 e. The number of hydrogen-bond donors (Lipinski definition) is 1. The second-order valence-electron chi connectivity index (χ2n) is 3.77. The summed E-state index contributed by atoms with van der Waals surface area (Å²) in [5.74, 6) is -0.413. The van der Waals surface area contributed by atoms with E-state index in [1.54, 1.807) is 24.0 Å². The number of halogens is 1. The van der Waals surface area contributed by atoms with Crippen LogP contribution in [0.5, 0.6) is 0 Å². The highest BCUT2D eigenvalue weighted by molar-refractivity contribution is 5.99. The molecule has 0 aliphatic carbocycles. The van der Waals surface area contributed by atoms with Gasteiger partial charge in [-0.25, -0.2) is 4.39 Å². The number of benzene rings is 1. The van der Waals surface area contributed by atoms with Crippen molar-refractivity contribution < 1.29 is 9.18 Å². The summed E-state index contributed by atoms with van der Waals surface area (Å²) in [6, 6.07) is 4.30. The fourth-order valence-electron chi connectivity index (χ4n) is 1.83. The van der Waals surface area contributed by atoms with Crippen LogP contribution in [0, 0.1) is 12.7 Å². The van der Waals surface area contributed by atoms with E-state index in [4.69, 9.17) is 5.73 Å². The lowest BCUT2D eigenvalue weighted by atomic mass is 10.1. The first-order valence-corrected chi connectivity index (χ1v) is 4.93. The van der Waals surface area contributed by atoms with Crippen molar-refractivity contribution in [2.24, 2.45) is 5.73 Å². The summed E-state index contributed by atoms with van der Waals surface area (Å²) < 4.78 is 13.3. The molecule has 1 aliphatic rings. The molecular weight excluding hydrogens is 195 g/mol. The molecule has 0 spiro atoms. The van der Waals surface area contributed by atoms with Crippen molar-refractivity contribution in [2.45, 2.75) is 19.4 Å². The molecule has 2 N–H and O–H groups in total. The molecule has 2 rings (SSSR count). The first kappa shape index (κ1) is 10.1. The van der Waals surface area contributed by atoms with Gasteiger partial charge in [-0.2, -0.15) is 0 Å². The number of nitrogens with two attached hydrogens (primary N) is 1. The van der Waals surface area contributed by atoms with Crippen molar-refractivity contribution >= 4 is 11.6 Å². The van der Waals surface area contributed by atoms with E-state index in [-0.39, 0.29) is 11.7 Å². The first-order valence-electron chi connectivity index (χ1n) is 4.93. The van der Waals surface area contributed by atoms with Gasteiger partial charge in [0.25, 0.3) is 0 Å². The summed E-state index contributed by atoms with van der Waals surface area (Å²) in [5, 5.41) is 0. The Morgan fingerprint density at radius 2 is 2.27 bits per heavy atom. The van der Waals surface area contributed by atoms with Gasteiger partial charge in [0.15, 0.2) is 0 Å². The number of carbonyl (C=O) groups is 1. The van der Waals surface area contributed by atoms with Crippen LogP contribution in [0.15, 0.2) is 18.2 Å². The summed E-state index contributed by atoms with van der Waals surface area (Å²) in [5.41, 5.74) is 6.74. The van der Waals surface area contributed by atoms with Crippen LogP contribution >= 0.6 is 0 Å². The predicted molar refractivity (Wildman–Crippen MR) is 56.1 cm³/mol. The molecule has 1 atom stereocenters. The lowest BCUT2D eigenvalue weighted by molar-refractivity contribution is -0.118. The summed E-state index contributed by atoms with van der Waals surface area (Å²) in [4.78, 5) is 13.2. The van der Waals surface area contributed by atoms with E-state index in [1.807, 2.05) is 0 Å². The maximum atomic E-state index is 13.3. The van der Waals surface area contributed by atoms with Gasteiger partial charge in [0.05, 0.1) is 6.04 Å². The third-order valence-electron chi connectivity index (χ3n) is 2.78. The highest BCUT2D eigenvalue weighted by Crippen LogP contribution is 2.26. The molecule has 1 aromatic rings. The number of amides is 1. The Balaban J connectivity index is 2.38. The Bertz CT molecular complexity index is 406. The van der Waals surface area contributed by atoms with Crippen molar-refractivity contribution in [1.29, 1.82) is 0 Å². The minimum atomic E-state index is -0.437. The number of nitrogens with zero attached hydrogens (tertiary/aromatic N) is 1. The van der Waals surface area contributed by atoms with E-state index in [1.165, 1.54) is 6.07 Å². The van der Waals surface area contributed by atoms with Crippen LogP contribution in [0.25, 0.3) is 0 Å². The average molecular weight is 208 g/mol. The first-order chi connectivity index (χ1) is 7.11. The lowest BCUT2D eigenvalue weighted by Crippen LogP contribution is -2.34. The topological polar surface area (TPSA) is 46.3 Å². The molecule has 1 fully saturated rings. The Morgan fingerprint density at radius 1 is 1.53 bits per heavy atom. The van der Waals surface area contributed by atoms with E-state index < -0.39 is 6.04 Å². The molecule has 1 amide bonds. The molecule has 80 valence electrons. The van der Waals surface area contributed by atoms with Gasteiger partial charge >= 0.3 is 0 Å². The highest BCUT2D eigenvalue weighted by atomic mass is 19.1. The Morgan fingerprint density at radius 3 is 2.87 bits per heavy atom. The van der Waals surface area contributed by atoms with Crippen LogP contribution in [-0.2, 0) is 4.79 Å². The van der Waals surface area contributed by atoms with Crippen molar-refractivity contribution in [3.63, 3.8) is 0 Å². The summed E-state index contributed by atoms with van der Waals surface area (Å²) >= 11 is 0. The van der Waals surface area contributed by atoms with E-state index >= 15 is 0 Å². The zero-order valence-electron chi connectivity index (χ0n) is 8.53. The van der Waals surface area contributed by atoms with Gasteiger partial charge in [0.2, 0.25) is 5.91 Å². The molecule has 1 heterocycles. The molecule has 1 unspecified atom stereocenters. The number of anilines is 1. The zero-order valence-corrected chi connectivity index (χ0v) is 8.53. The van der Waals surface area contributed by atoms with Gasteiger partial charge in [0.1, 0.15) is 5.82 Å². The molecule has 0 saturated carbocycles. The molecule has 1 aliphatic heterocycles. The second kappa shape index (κ2) is 3.62. The van der Waals surface area contributed by atoms with Crippen LogP contribution in [-0.4, -0.2) is 18.5 Å². The lowest BCUT2D eigenvalue weighted by Gasteiger charge is -2.18. The van der Waals surface area contributed by atoms with E-state index in [0.29, 0.717) is 24.2 Å². The van der Waals surface area contributed by atoms with Crippen LogP contribution < -0.4 is 10.6 Å². The van der Waals surface area contributed by atoms with Crippen LogP contribution in [0.3, 0.4) is 0 Å². The smallest absolute Gasteiger partial charge is 0.243 e. The van der Waals surface area contributed by atoms with Gasteiger partial charge in [0, 0.05) is 17.8 Å². The fraction of sp³-hybridized carbons (Fsp3) is 0.364. The average Bonchev–Trinajstić information content (AvgIpc) is 2.53. The van der Waals surface area contributed by atoms with E-state index in [2.05, 4.69) is 0 Å². The number of rotatable bonds is 1. The Labute approximate surface area is 87.7 Å². The normalized spacial score (nSPS) is 21.1. The van der Waals surface area contributed by atoms with Gasteiger partial charge in [-0.05, 0) is 25.5 Å². The van der Waals surface area contributed by atoms with Crippen LogP contribution in [0.2, 0.25) is 0 Å². The summed E-state index contributed by atoms with van der Waals surface area (Å²) in [7, 11) is 0. The molecule has 0 bridgehead atoms. The predicted octanol–water partition coefficient (Wildman–Crippen LogP) is 1.20.